The van der Waals surface area contributed by atoms with Crippen LogP contribution in [0.2, 0.25) is 5.02 Å². The Kier molecular flexibility index (Phi) is 6.94. The van der Waals surface area contributed by atoms with Crippen LogP contribution in [0.1, 0.15) is 17.0 Å². The fraction of sp³-hybridized carbons (Fsp3) is 0.250. The quantitative estimate of drug-likeness (QED) is 0.496. The number of benzene rings is 2. The summed E-state index contributed by atoms with van der Waals surface area (Å²) in [6.07, 6.45) is 0. The monoisotopic (exact) mass is 462 g/mol. The van der Waals surface area contributed by atoms with Crippen molar-refractivity contribution in [3.63, 3.8) is 0 Å². The van der Waals surface area contributed by atoms with Crippen LogP contribution in [0.3, 0.4) is 0 Å². The van der Waals surface area contributed by atoms with Crippen LogP contribution in [0.25, 0.3) is 0 Å². The van der Waals surface area contributed by atoms with Crippen LogP contribution in [0.4, 0.5) is 0 Å². The third-order valence-electron chi connectivity index (χ3n) is 4.70. The lowest BCUT2D eigenvalue weighted by Gasteiger charge is -2.19. The molecule has 11 heteroatoms. The minimum atomic E-state index is -4.14. The minimum absolute atomic E-state index is 0.0289. The molecule has 9 nitrogen and oxygen atoms in total. The van der Waals surface area contributed by atoms with Gasteiger partial charge in [0.2, 0.25) is 11.9 Å². The molecule has 0 saturated carbocycles. The molecule has 1 aliphatic rings. The number of nitrogens with zero attached hydrogens (tertiary/aromatic N) is 4. The number of rotatable bonds is 6. The van der Waals surface area contributed by atoms with Gasteiger partial charge in [0.1, 0.15) is 0 Å². The highest BCUT2D eigenvalue weighted by atomic mass is 35.5. The van der Waals surface area contributed by atoms with Crippen LogP contribution in [-0.4, -0.2) is 62.5 Å². The Hall–Kier alpha value is -2.95. The number of nitrogens with two attached hydrogens (primary N) is 1. The van der Waals surface area contributed by atoms with E-state index in [1.165, 1.54) is 12.1 Å². The molecular formula is C20H23ClN6O3S. The lowest BCUT2D eigenvalue weighted by Crippen LogP contribution is -2.39. The van der Waals surface area contributed by atoms with Crippen LogP contribution < -0.4 is 11.1 Å². The SMILES string of the molecule is CN/C(=N\S(=O)(=O)N(C)CC(N)=O)N1CC(c2ccccc2)C(c2ccc(Cl)cc2)=N1. The van der Waals surface area contributed by atoms with Gasteiger partial charge >= 0.3 is 10.2 Å². The summed E-state index contributed by atoms with van der Waals surface area (Å²) in [7, 11) is -1.36. The molecule has 1 aliphatic heterocycles. The predicted molar refractivity (Wildman–Crippen MR) is 121 cm³/mol. The van der Waals surface area contributed by atoms with Crippen LogP contribution in [0.5, 0.6) is 0 Å². The Morgan fingerprint density at radius 3 is 2.48 bits per heavy atom. The first kappa shape index (κ1) is 22.7. The second kappa shape index (κ2) is 9.46. The van der Waals surface area contributed by atoms with Gasteiger partial charge in [0.25, 0.3) is 0 Å². The highest BCUT2D eigenvalue weighted by molar-refractivity contribution is 7.87. The summed E-state index contributed by atoms with van der Waals surface area (Å²) in [6.45, 7) is -0.106. The van der Waals surface area contributed by atoms with E-state index in [-0.39, 0.29) is 11.9 Å². The van der Waals surface area contributed by atoms with E-state index in [0.29, 0.717) is 11.6 Å². The number of amides is 1. The summed E-state index contributed by atoms with van der Waals surface area (Å²) in [6, 6.07) is 17.1. The number of halogens is 1. The number of carbonyl (C=O) groups is 1. The summed E-state index contributed by atoms with van der Waals surface area (Å²) >= 11 is 6.03. The van der Waals surface area contributed by atoms with Gasteiger partial charge < -0.3 is 11.1 Å². The Labute approximate surface area is 186 Å². The molecule has 3 N–H and O–H groups in total. The van der Waals surface area contributed by atoms with Crippen molar-refractivity contribution in [2.75, 3.05) is 27.2 Å². The lowest BCUT2D eigenvalue weighted by molar-refractivity contribution is -0.118. The summed E-state index contributed by atoms with van der Waals surface area (Å²) in [5, 5.41) is 9.55. The van der Waals surface area contributed by atoms with Gasteiger partial charge in [0.15, 0.2) is 0 Å². The zero-order chi connectivity index (χ0) is 22.6. The first-order chi connectivity index (χ1) is 14.7. The number of hydrazone groups is 1. The molecule has 0 aromatic heterocycles. The van der Waals surface area contributed by atoms with E-state index in [1.54, 1.807) is 19.2 Å². The second-order valence-corrected chi connectivity index (χ2v) is 9.04. The number of primary amides is 1. The van der Waals surface area contributed by atoms with Crippen LogP contribution >= 0.6 is 11.6 Å². The third kappa shape index (κ3) is 5.40. The summed E-state index contributed by atoms with van der Waals surface area (Å²) in [5.74, 6) is -0.867. The zero-order valence-electron chi connectivity index (χ0n) is 17.1. The Morgan fingerprint density at radius 1 is 1.26 bits per heavy atom. The maximum atomic E-state index is 12.5. The average molecular weight is 463 g/mol. The van der Waals surface area contributed by atoms with Crippen molar-refractivity contribution in [1.82, 2.24) is 14.6 Å². The number of carbonyl (C=O) groups excluding carboxylic acids is 1. The average Bonchev–Trinajstić information content (AvgIpc) is 3.18. The molecule has 2 aromatic carbocycles. The first-order valence-corrected chi connectivity index (χ1v) is 11.2. The zero-order valence-corrected chi connectivity index (χ0v) is 18.6. The molecule has 31 heavy (non-hydrogen) atoms. The summed E-state index contributed by atoms with van der Waals surface area (Å²) < 4.78 is 29.7. The van der Waals surface area contributed by atoms with Crippen molar-refractivity contribution < 1.29 is 13.2 Å². The van der Waals surface area contributed by atoms with E-state index in [4.69, 9.17) is 17.3 Å². The lowest BCUT2D eigenvalue weighted by atomic mass is 9.91. The number of hydrogen-bond donors (Lipinski definition) is 2. The molecule has 0 saturated heterocycles. The molecule has 2 aromatic rings. The molecule has 3 rings (SSSR count). The van der Waals surface area contributed by atoms with Gasteiger partial charge in [0.05, 0.1) is 18.8 Å². The van der Waals surface area contributed by atoms with E-state index in [1.807, 2.05) is 42.5 Å². The fourth-order valence-corrected chi connectivity index (χ4v) is 4.12. The van der Waals surface area contributed by atoms with Crippen molar-refractivity contribution in [2.45, 2.75) is 5.92 Å². The van der Waals surface area contributed by atoms with Crippen LogP contribution in [0, 0.1) is 0 Å². The van der Waals surface area contributed by atoms with Gasteiger partial charge in [-0.2, -0.15) is 17.8 Å². The van der Waals surface area contributed by atoms with Gasteiger partial charge in [0, 0.05) is 25.0 Å². The van der Waals surface area contributed by atoms with Gasteiger partial charge in [-0.25, -0.2) is 5.01 Å². The number of nitrogens with one attached hydrogen (secondary N) is 1. The Balaban J connectivity index is 2.00. The predicted octanol–water partition coefficient (Wildman–Crippen LogP) is 1.38. The van der Waals surface area contributed by atoms with E-state index in [9.17, 15) is 13.2 Å². The minimum Gasteiger partial charge on any atom is -0.369 e. The largest absolute Gasteiger partial charge is 0.369 e. The molecule has 1 heterocycles. The first-order valence-electron chi connectivity index (χ1n) is 9.40. The Bertz CT molecular complexity index is 1100. The van der Waals surface area contributed by atoms with Gasteiger partial charge in [-0.3, -0.25) is 4.79 Å². The smallest absolute Gasteiger partial charge is 0.325 e. The van der Waals surface area contributed by atoms with Crippen LogP contribution in [0.15, 0.2) is 64.1 Å². The molecule has 1 unspecified atom stereocenters. The van der Waals surface area contributed by atoms with Gasteiger partial charge in [-0.1, -0.05) is 54.1 Å². The highest BCUT2D eigenvalue weighted by Gasteiger charge is 2.32. The summed E-state index contributed by atoms with van der Waals surface area (Å²) in [4.78, 5) is 11.1. The second-order valence-electron chi connectivity index (χ2n) is 6.90. The molecular weight excluding hydrogens is 440 g/mol. The number of hydrogen-bond acceptors (Lipinski definition) is 4. The molecule has 0 aliphatic carbocycles. The molecule has 1 atom stereocenters. The normalized spacial score (nSPS) is 17.0. The van der Waals surface area contributed by atoms with E-state index < -0.39 is 22.7 Å². The van der Waals surface area contributed by atoms with Crippen molar-refractivity contribution in [3.05, 3.63) is 70.7 Å². The van der Waals surface area contributed by atoms with Crippen molar-refractivity contribution in [2.24, 2.45) is 15.2 Å². The third-order valence-corrected chi connectivity index (χ3v) is 6.27. The topological polar surface area (TPSA) is 120 Å². The maximum absolute atomic E-state index is 12.5. The maximum Gasteiger partial charge on any atom is 0.325 e. The van der Waals surface area contributed by atoms with E-state index in [2.05, 4.69) is 14.8 Å². The van der Waals surface area contributed by atoms with Gasteiger partial charge in [-0.05, 0) is 23.3 Å². The molecule has 164 valence electrons. The standard InChI is InChI=1S/C20H23ClN6O3S/c1-23-20(25-31(29,30)26(2)13-18(22)28)27-12-17(14-6-4-3-5-7-14)19(24-27)15-8-10-16(21)11-9-15/h3-11,17H,12-13H2,1-2H3,(H2,22,28)(H,23,25). The van der Waals surface area contributed by atoms with E-state index in [0.717, 1.165) is 21.1 Å². The van der Waals surface area contributed by atoms with Crippen molar-refractivity contribution in [1.29, 1.82) is 0 Å². The van der Waals surface area contributed by atoms with Crippen molar-refractivity contribution in [3.8, 4) is 0 Å². The molecule has 0 radical (unpaired) electrons. The highest BCUT2D eigenvalue weighted by Crippen LogP contribution is 2.29. The molecule has 1 amide bonds. The number of likely N-dealkylation sites (N-methyl/N-ethyl adjacent to an activating group) is 1. The number of guanidine groups is 1. The fourth-order valence-electron chi connectivity index (χ4n) is 3.16. The summed E-state index contributed by atoms with van der Waals surface area (Å²) in [5.41, 5.74) is 7.75. The molecule has 0 spiro atoms. The van der Waals surface area contributed by atoms with Gasteiger partial charge in [-0.15, -0.1) is 4.40 Å². The Morgan fingerprint density at radius 2 is 1.90 bits per heavy atom. The van der Waals surface area contributed by atoms with E-state index >= 15 is 0 Å². The van der Waals surface area contributed by atoms with Crippen molar-refractivity contribution >= 4 is 39.4 Å². The van der Waals surface area contributed by atoms with Crippen LogP contribution in [-0.2, 0) is 15.0 Å². The molecule has 0 bridgehead atoms. The molecule has 0 fully saturated rings.